The molecule has 1 unspecified atom stereocenters. The molecular weight excluding hydrogens is 508 g/mol. The molecule has 0 aliphatic carbocycles. The summed E-state index contributed by atoms with van der Waals surface area (Å²) in [4.78, 5) is 38.9. The fraction of sp³-hybridized carbons (Fsp3) is 0.233. The van der Waals surface area contributed by atoms with E-state index in [0.29, 0.717) is 17.2 Å². The number of benzene rings is 2. The lowest BCUT2D eigenvalue weighted by Crippen LogP contribution is -2.36. The molecule has 4 aromatic rings. The molecule has 204 valence electrons. The zero-order chi connectivity index (χ0) is 27.9. The summed E-state index contributed by atoms with van der Waals surface area (Å²) in [6.07, 6.45) is 5.86. The zero-order valence-corrected chi connectivity index (χ0v) is 22.1. The molecule has 2 aromatic heterocycles. The summed E-state index contributed by atoms with van der Waals surface area (Å²) in [5, 5.41) is 15.0. The van der Waals surface area contributed by atoms with Crippen LogP contribution in [0.1, 0.15) is 40.2 Å². The number of likely N-dealkylation sites (tertiary alicyclic amines) is 1. The second-order valence-electron chi connectivity index (χ2n) is 9.69. The number of aryl methyl sites for hydroxylation is 1. The number of carboxylic acid groups (broad SMARTS) is 1. The second kappa shape index (κ2) is 12.4. The topological polar surface area (TPSA) is 130 Å². The minimum atomic E-state index is -1.26. The summed E-state index contributed by atoms with van der Waals surface area (Å²) in [7, 11) is 0. The molecule has 1 fully saturated rings. The van der Waals surface area contributed by atoms with Crippen LogP contribution < -0.4 is 10.6 Å². The van der Waals surface area contributed by atoms with Crippen LogP contribution in [0.2, 0.25) is 0 Å². The van der Waals surface area contributed by atoms with Gasteiger partial charge in [0, 0.05) is 54.2 Å². The molecule has 1 atom stereocenters. The Balaban J connectivity index is 1.23. The van der Waals surface area contributed by atoms with Crippen LogP contribution in [0.4, 0.5) is 22.1 Å². The largest absolute Gasteiger partial charge is 0.507 e. The van der Waals surface area contributed by atoms with E-state index in [1.807, 2.05) is 60.4 Å². The first-order chi connectivity index (χ1) is 19.4. The van der Waals surface area contributed by atoms with Gasteiger partial charge in [0.25, 0.3) is 5.91 Å². The van der Waals surface area contributed by atoms with Crippen LogP contribution in [0.3, 0.4) is 0 Å². The number of hydrogen-bond donors (Lipinski definition) is 3. The average molecular weight is 539 g/mol. The first-order valence-corrected chi connectivity index (χ1v) is 13.0. The highest BCUT2D eigenvalue weighted by Gasteiger charge is 2.22. The lowest BCUT2D eigenvalue weighted by Gasteiger charge is -2.32. The first kappa shape index (κ1) is 26.8. The standard InChI is InChI=1S/C30H30N6O4/c1-20-6-7-22(16-27(20)35-29-32-14-12-26(34-29)23-4-2-13-31-17-23)28(37)33-25-10-8-21(9-11-25)24-5-3-15-36(18-24)19-40-30(38)39/h2,4,6-14,16-17,24H,3,5,15,18-19H2,1H3,(H,33,37)(H,38,39)(H,32,34,35). The molecule has 0 spiro atoms. The van der Waals surface area contributed by atoms with Crippen LogP contribution in [0.25, 0.3) is 11.3 Å². The molecular formula is C30H30N6O4. The second-order valence-corrected chi connectivity index (χ2v) is 9.69. The van der Waals surface area contributed by atoms with Crippen LogP contribution in [0, 0.1) is 6.92 Å². The lowest BCUT2D eigenvalue weighted by molar-refractivity contribution is 0.0241. The van der Waals surface area contributed by atoms with Gasteiger partial charge >= 0.3 is 6.16 Å². The van der Waals surface area contributed by atoms with Crippen molar-refractivity contribution in [2.24, 2.45) is 0 Å². The monoisotopic (exact) mass is 538 g/mol. The van der Waals surface area contributed by atoms with Gasteiger partial charge in [0.2, 0.25) is 5.95 Å². The molecule has 1 saturated heterocycles. The van der Waals surface area contributed by atoms with Gasteiger partial charge < -0.3 is 20.5 Å². The van der Waals surface area contributed by atoms with Crippen molar-refractivity contribution in [2.75, 3.05) is 30.5 Å². The lowest BCUT2D eigenvalue weighted by atomic mass is 9.91. The van der Waals surface area contributed by atoms with Crippen molar-refractivity contribution >= 4 is 29.4 Å². The highest BCUT2D eigenvalue weighted by atomic mass is 16.7. The number of pyridine rings is 1. The maximum absolute atomic E-state index is 13.1. The molecule has 1 aliphatic rings. The Morgan fingerprint density at radius 2 is 1.95 bits per heavy atom. The predicted octanol–water partition coefficient (Wildman–Crippen LogP) is 5.67. The molecule has 40 heavy (non-hydrogen) atoms. The first-order valence-electron chi connectivity index (χ1n) is 13.0. The Labute approximate surface area is 232 Å². The van der Waals surface area contributed by atoms with Gasteiger partial charge in [0.05, 0.1) is 5.69 Å². The van der Waals surface area contributed by atoms with Crippen LogP contribution in [-0.2, 0) is 4.74 Å². The van der Waals surface area contributed by atoms with E-state index in [4.69, 9.17) is 9.84 Å². The summed E-state index contributed by atoms with van der Waals surface area (Å²) >= 11 is 0. The molecule has 0 bridgehead atoms. The summed E-state index contributed by atoms with van der Waals surface area (Å²) in [6.45, 7) is 3.57. The van der Waals surface area contributed by atoms with Crippen LogP contribution in [0.5, 0.6) is 0 Å². The third-order valence-corrected chi connectivity index (χ3v) is 6.88. The Morgan fingerprint density at radius 3 is 2.73 bits per heavy atom. The summed E-state index contributed by atoms with van der Waals surface area (Å²) in [5.74, 6) is 0.476. The molecule has 2 aromatic carbocycles. The Bertz CT molecular complexity index is 1480. The number of nitrogens with zero attached hydrogens (tertiary/aromatic N) is 4. The number of hydrogen-bond acceptors (Lipinski definition) is 8. The van der Waals surface area contributed by atoms with Crippen molar-refractivity contribution < 1.29 is 19.4 Å². The number of anilines is 3. The van der Waals surface area contributed by atoms with Crippen molar-refractivity contribution in [3.63, 3.8) is 0 Å². The Kier molecular flexibility index (Phi) is 8.26. The van der Waals surface area contributed by atoms with Crippen LogP contribution >= 0.6 is 0 Å². The van der Waals surface area contributed by atoms with Gasteiger partial charge in [0.1, 0.15) is 6.73 Å². The molecule has 3 N–H and O–H groups in total. The zero-order valence-electron chi connectivity index (χ0n) is 22.1. The minimum Gasteiger partial charge on any atom is -0.450 e. The number of nitrogens with one attached hydrogen (secondary N) is 2. The van der Waals surface area contributed by atoms with Crippen molar-refractivity contribution in [3.8, 4) is 11.3 Å². The fourth-order valence-corrected chi connectivity index (χ4v) is 4.75. The van der Waals surface area contributed by atoms with Gasteiger partial charge in [-0.3, -0.25) is 14.7 Å². The Morgan fingerprint density at radius 1 is 1.10 bits per heavy atom. The van der Waals surface area contributed by atoms with Gasteiger partial charge in [-0.1, -0.05) is 18.2 Å². The normalized spacial score (nSPS) is 15.3. The molecule has 0 radical (unpaired) electrons. The minimum absolute atomic E-state index is 0.0788. The molecule has 10 heteroatoms. The average Bonchev–Trinajstić information content (AvgIpc) is 2.98. The highest BCUT2D eigenvalue weighted by molar-refractivity contribution is 6.05. The highest BCUT2D eigenvalue weighted by Crippen LogP contribution is 2.28. The summed E-state index contributed by atoms with van der Waals surface area (Å²) in [5.41, 5.74) is 5.66. The van der Waals surface area contributed by atoms with E-state index in [0.717, 1.165) is 54.0 Å². The van der Waals surface area contributed by atoms with Crippen molar-refractivity contribution in [2.45, 2.75) is 25.7 Å². The van der Waals surface area contributed by atoms with Gasteiger partial charge in [-0.25, -0.2) is 14.8 Å². The number of aromatic nitrogens is 3. The van der Waals surface area contributed by atoms with Crippen LogP contribution in [-0.4, -0.2) is 56.8 Å². The number of ether oxygens (including phenoxy) is 1. The summed E-state index contributed by atoms with van der Waals surface area (Å²) < 4.78 is 4.72. The number of rotatable bonds is 8. The number of amides is 1. The summed E-state index contributed by atoms with van der Waals surface area (Å²) in [6, 6.07) is 18.9. The predicted molar refractivity (Wildman–Crippen MR) is 152 cm³/mol. The van der Waals surface area contributed by atoms with E-state index in [9.17, 15) is 9.59 Å². The van der Waals surface area contributed by atoms with Crippen molar-refractivity contribution in [3.05, 3.63) is 95.9 Å². The maximum atomic E-state index is 13.1. The van der Waals surface area contributed by atoms with E-state index in [-0.39, 0.29) is 18.6 Å². The third-order valence-electron chi connectivity index (χ3n) is 6.88. The number of piperidine rings is 1. The molecule has 0 saturated carbocycles. The van der Waals surface area contributed by atoms with E-state index in [1.165, 1.54) is 0 Å². The van der Waals surface area contributed by atoms with Gasteiger partial charge in [-0.2, -0.15) is 0 Å². The quantitative estimate of drug-likeness (QED) is 0.243. The number of carbonyl (C=O) groups excluding carboxylic acids is 1. The smallest absolute Gasteiger partial charge is 0.450 e. The van der Waals surface area contributed by atoms with E-state index in [2.05, 4.69) is 25.6 Å². The van der Waals surface area contributed by atoms with E-state index in [1.54, 1.807) is 30.7 Å². The molecule has 10 nitrogen and oxygen atoms in total. The van der Waals surface area contributed by atoms with Crippen molar-refractivity contribution in [1.29, 1.82) is 0 Å². The fourth-order valence-electron chi connectivity index (χ4n) is 4.75. The van der Waals surface area contributed by atoms with Gasteiger partial charge in [0.15, 0.2) is 0 Å². The maximum Gasteiger partial charge on any atom is 0.507 e. The molecule has 3 heterocycles. The van der Waals surface area contributed by atoms with Gasteiger partial charge in [-0.15, -0.1) is 0 Å². The van der Waals surface area contributed by atoms with E-state index >= 15 is 0 Å². The van der Waals surface area contributed by atoms with Crippen LogP contribution in [0.15, 0.2) is 79.3 Å². The van der Waals surface area contributed by atoms with Gasteiger partial charge in [-0.05, 0) is 79.3 Å². The molecule has 1 aliphatic heterocycles. The van der Waals surface area contributed by atoms with E-state index < -0.39 is 6.16 Å². The van der Waals surface area contributed by atoms with Crippen molar-refractivity contribution in [1.82, 2.24) is 19.9 Å². The number of carbonyl (C=O) groups is 2. The SMILES string of the molecule is Cc1ccc(C(=O)Nc2ccc(C3CCCN(COC(=O)O)C3)cc2)cc1Nc1nccc(-c2cccnc2)n1. The third kappa shape index (κ3) is 6.78. The Hall–Kier alpha value is -4.83. The molecule has 5 rings (SSSR count). The molecule has 1 amide bonds.